The molecular formula is C22H17F3N2OS. The lowest BCUT2D eigenvalue weighted by atomic mass is 10.1. The molecule has 0 saturated carbocycles. The molecule has 1 amide bonds. The molecule has 0 fully saturated rings. The number of aromatic nitrogens is 1. The summed E-state index contributed by atoms with van der Waals surface area (Å²) < 4.78 is 38.1. The largest absolute Gasteiger partial charge is 0.416 e. The molecule has 7 heteroatoms. The number of amides is 1. The fraction of sp³-hybridized carbons (Fsp3) is 0.182. The van der Waals surface area contributed by atoms with Crippen molar-refractivity contribution in [1.29, 1.82) is 0 Å². The second-order valence-corrected chi connectivity index (χ2v) is 7.21. The van der Waals surface area contributed by atoms with Crippen LogP contribution in [0.15, 0.2) is 53.9 Å². The number of hydrogen-bond acceptors (Lipinski definition) is 3. The lowest BCUT2D eigenvalue weighted by Gasteiger charge is -2.05. The molecule has 0 aliphatic carbocycles. The van der Waals surface area contributed by atoms with Gasteiger partial charge >= 0.3 is 6.18 Å². The van der Waals surface area contributed by atoms with Gasteiger partial charge in [-0.15, -0.1) is 11.3 Å². The van der Waals surface area contributed by atoms with Gasteiger partial charge in [0.1, 0.15) is 5.01 Å². The summed E-state index contributed by atoms with van der Waals surface area (Å²) in [5.74, 6) is 5.05. The lowest BCUT2D eigenvalue weighted by molar-refractivity contribution is -0.137. The number of carbonyl (C=O) groups excluding carboxylic acids is 1. The maximum Gasteiger partial charge on any atom is 0.416 e. The van der Waals surface area contributed by atoms with E-state index >= 15 is 0 Å². The Morgan fingerprint density at radius 1 is 1.17 bits per heavy atom. The summed E-state index contributed by atoms with van der Waals surface area (Å²) in [7, 11) is 0. The van der Waals surface area contributed by atoms with Crippen LogP contribution in [0.2, 0.25) is 0 Å². The molecular weight excluding hydrogens is 397 g/mol. The zero-order chi connectivity index (χ0) is 20.9. The van der Waals surface area contributed by atoms with Crippen LogP contribution in [0.4, 0.5) is 13.2 Å². The smallest absolute Gasteiger partial charge is 0.345 e. The minimum absolute atomic E-state index is 0.0456. The Morgan fingerprint density at radius 3 is 2.72 bits per heavy atom. The van der Waals surface area contributed by atoms with Gasteiger partial charge < -0.3 is 5.32 Å². The molecule has 148 valence electrons. The first-order chi connectivity index (χ1) is 13.8. The molecule has 0 radical (unpaired) electrons. The molecule has 3 nitrogen and oxygen atoms in total. The Hall–Kier alpha value is -3.11. The highest BCUT2D eigenvalue weighted by Crippen LogP contribution is 2.29. The Labute approximate surface area is 170 Å². The van der Waals surface area contributed by atoms with Crippen molar-refractivity contribution in [2.24, 2.45) is 0 Å². The van der Waals surface area contributed by atoms with Crippen molar-refractivity contribution in [2.75, 3.05) is 6.54 Å². The number of hydrogen-bond donors (Lipinski definition) is 1. The third-order valence-electron chi connectivity index (χ3n) is 3.96. The summed E-state index contributed by atoms with van der Waals surface area (Å²) in [6, 6.07) is 12.7. The van der Waals surface area contributed by atoms with Gasteiger partial charge in [-0.05, 0) is 31.2 Å². The molecule has 0 aliphatic rings. The van der Waals surface area contributed by atoms with Gasteiger partial charge in [-0.25, -0.2) is 4.98 Å². The van der Waals surface area contributed by atoms with E-state index in [2.05, 4.69) is 22.1 Å². The molecule has 1 aromatic heterocycles. The molecule has 0 bridgehead atoms. The van der Waals surface area contributed by atoms with Gasteiger partial charge in [0, 0.05) is 16.5 Å². The topological polar surface area (TPSA) is 42.0 Å². The van der Waals surface area contributed by atoms with Crippen LogP contribution in [0.1, 0.15) is 22.4 Å². The van der Waals surface area contributed by atoms with Gasteiger partial charge in [0.25, 0.3) is 0 Å². The number of alkyl halides is 3. The summed E-state index contributed by atoms with van der Waals surface area (Å²) >= 11 is 1.47. The molecule has 0 atom stereocenters. The van der Waals surface area contributed by atoms with Gasteiger partial charge in [0.2, 0.25) is 5.91 Å². The summed E-state index contributed by atoms with van der Waals surface area (Å²) in [6.45, 7) is 2.05. The van der Waals surface area contributed by atoms with Crippen molar-refractivity contribution in [3.05, 3.63) is 76.3 Å². The van der Waals surface area contributed by atoms with Gasteiger partial charge in [-0.1, -0.05) is 41.7 Å². The third kappa shape index (κ3) is 5.93. The van der Waals surface area contributed by atoms with Gasteiger partial charge in [-0.2, -0.15) is 13.2 Å². The molecule has 1 heterocycles. The first-order valence-electron chi connectivity index (χ1n) is 8.75. The number of nitrogens with zero attached hydrogens (tertiary/aromatic N) is 1. The van der Waals surface area contributed by atoms with E-state index in [9.17, 15) is 18.0 Å². The number of rotatable bonds is 4. The molecule has 0 aliphatic heterocycles. The fourth-order valence-corrected chi connectivity index (χ4v) is 3.40. The summed E-state index contributed by atoms with van der Waals surface area (Å²) in [5.41, 5.74) is 2.30. The van der Waals surface area contributed by atoms with Gasteiger partial charge in [0.15, 0.2) is 0 Å². The highest BCUT2D eigenvalue weighted by Gasteiger charge is 2.30. The van der Waals surface area contributed by atoms with Crippen LogP contribution >= 0.6 is 11.3 Å². The normalized spacial score (nSPS) is 10.9. The Bertz CT molecular complexity index is 1080. The van der Waals surface area contributed by atoms with Crippen molar-refractivity contribution in [1.82, 2.24) is 10.3 Å². The monoisotopic (exact) mass is 414 g/mol. The van der Waals surface area contributed by atoms with Crippen LogP contribution in [0.5, 0.6) is 0 Å². The Morgan fingerprint density at radius 2 is 1.97 bits per heavy atom. The SMILES string of the molecule is Cc1cccc(-c2nc(CC(=O)NCC#Cc3cccc(C(F)(F)F)c3)cs2)c1. The van der Waals surface area contributed by atoms with Crippen LogP contribution in [0.3, 0.4) is 0 Å². The average molecular weight is 414 g/mol. The quantitative estimate of drug-likeness (QED) is 0.621. The minimum Gasteiger partial charge on any atom is -0.345 e. The summed E-state index contributed by atoms with van der Waals surface area (Å²) in [4.78, 5) is 16.5. The van der Waals surface area contributed by atoms with E-state index < -0.39 is 11.7 Å². The predicted molar refractivity (Wildman–Crippen MR) is 107 cm³/mol. The second kappa shape index (κ2) is 8.93. The Kier molecular flexibility index (Phi) is 6.35. The highest BCUT2D eigenvalue weighted by molar-refractivity contribution is 7.13. The number of thiazole rings is 1. The summed E-state index contributed by atoms with van der Waals surface area (Å²) in [6.07, 6.45) is -4.29. The first-order valence-corrected chi connectivity index (χ1v) is 9.63. The predicted octanol–water partition coefficient (Wildman–Crippen LogP) is 4.85. The second-order valence-electron chi connectivity index (χ2n) is 6.35. The van der Waals surface area contributed by atoms with E-state index in [1.807, 2.05) is 36.6 Å². The Balaban J connectivity index is 1.53. The molecule has 0 unspecified atom stereocenters. The van der Waals surface area contributed by atoms with Crippen molar-refractivity contribution in [2.45, 2.75) is 19.5 Å². The summed E-state index contributed by atoms with van der Waals surface area (Å²) in [5, 5.41) is 5.32. The van der Waals surface area contributed by atoms with E-state index in [4.69, 9.17) is 0 Å². The van der Waals surface area contributed by atoms with Crippen molar-refractivity contribution < 1.29 is 18.0 Å². The highest BCUT2D eigenvalue weighted by atomic mass is 32.1. The van der Waals surface area contributed by atoms with Crippen LogP contribution in [0.25, 0.3) is 10.6 Å². The first kappa shape index (κ1) is 20.6. The molecule has 0 spiro atoms. The van der Waals surface area contributed by atoms with Gasteiger partial charge in [0.05, 0.1) is 24.2 Å². The van der Waals surface area contributed by atoms with Crippen molar-refractivity contribution in [3.63, 3.8) is 0 Å². The van der Waals surface area contributed by atoms with E-state index in [0.29, 0.717) is 5.69 Å². The number of benzene rings is 2. The number of carbonyl (C=O) groups is 1. The molecule has 29 heavy (non-hydrogen) atoms. The molecule has 0 saturated heterocycles. The molecule has 3 rings (SSSR count). The zero-order valence-corrected chi connectivity index (χ0v) is 16.3. The maximum absolute atomic E-state index is 12.7. The number of aryl methyl sites for hydroxylation is 1. The molecule has 1 N–H and O–H groups in total. The van der Waals surface area contributed by atoms with Crippen LogP contribution in [-0.4, -0.2) is 17.4 Å². The zero-order valence-electron chi connectivity index (χ0n) is 15.5. The average Bonchev–Trinajstić information content (AvgIpc) is 3.13. The number of nitrogens with one attached hydrogen (secondary N) is 1. The maximum atomic E-state index is 12.7. The van der Waals surface area contributed by atoms with Crippen molar-refractivity contribution in [3.8, 4) is 22.4 Å². The van der Waals surface area contributed by atoms with E-state index in [-0.39, 0.29) is 24.4 Å². The molecule has 2 aromatic carbocycles. The van der Waals surface area contributed by atoms with Crippen LogP contribution in [-0.2, 0) is 17.4 Å². The van der Waals surface area contributed by atoms with Crippen molar-refractivity contribution >= 4 is 17.2 Å². The van der Waals surface area contributed by atoms with E-state index in [0.717, 1.165) is 28.3 Å². The molecule has 3 aromatic rings. The standard InChI is InChI=1S/C22H17F3N2OS/c1-15-5-2-8-17(11-15)21-27-19(14-29-21)13-20(28)26-10-4-7-16-6-3-9-18(12-16)22(23,24)25/h2-3,5-6,8-9,11-12,14H,10,13H2,1H3,(H,26,28). The van der Waals surface area contributed by atoms with Crippen LogP contribution < -0.4 is 5.32 Å². The minimum atomic E-state index is -4.41. The van der Waals surface area contributed by atoms with E-state index in [1.54, 1.807) is 0 Å². The fourth-order valence-electron chi connectivity index (χ4n) is 2.59. The lowest BCUT2D eigenvalue weighted by Crippen LogP contribution is -2.25. The van der Waals surface area contributed by atoms with Gasteiger partial charge in [-0.3, -0.25) is 4.79 Å². The van der Waals surface area contributed by atoms with E-state index in [1.165, 1.54) is 23.5 Å². The van der Waals surface area contributed by atoms with Crippen LogP contribution in [0, 0.1) is 18.8 Å². The third-order valence-corrected chi connectivity index (χ3v) is 4.90. The number of halogens is 3.